The number of benzene rings is 2. The molecule has 0 aliphatic carbocycles. The highest BCUT2D eigenvalue weighted by molar-refractivity contribution is 5.51. The molecular weight excluding hydrogens is 328 g/mol. The maximum absolute atomic E-state index is 10.6. The largest absolute Gasteiger partial charge is 0.508 e. The third kappa shape index (κ3) is 3.26. The number of fused-ring (bicyclic) bond motifs is 1. The van der Waals surface area contributed by atoms with Crippen LogP contribution < -0.4 is 4.74 Å². The van der Waals surface area contributed by atoms with Crippen molar-refractivity contribution in [2.75, 3.05) is 0 Å². The predicted molar refractivity (Wildman–Crippen MR) is 102 cm³/mol. The minimum atomic E-state index is -0.791. The summed E-state index contributed by atoms with van der Waals surface area (Å²) in [6, 6.07) is 7.29. The average Bonchev–Trinajstić information content (AvgIpc) is 2.53. The van der Waals surface area contributed by atoms with Crippen molar-refractivity contribution in [2.24, 2.45) is 0 Å². The molecule has 0 amide bonds. The van der Waals surface area contributed by atoms with Crippen LogP contribution in [-0.2, 0) is 6.42 Å². The highest BCUT2D eigenvalue weighted by Gasteiger charge is 2.33. The molecule has 0 radical (unpaired) electrons. The van der Waals surface area contributed by atoms with Crippen LogP contribution in [0.1, 0.15) is 73.5 Å². The lowest BCUT2D eigenvalue weighted by atomic mass is 9.85. The molecule has 2 unspecified atom stereocenters. The smallest absolute Gasteiger partial charge is 0.150 e. The molecule has 140 valence electrons. The zero-order chi connectivity index (χ0) is 19.2. The molecule has 0 saturated carbocycles. The van der Waals surface area contributed by atoms with Gasteiger partial charge < -0.3 is 20.1 Å². The molecule has 1 aliphatic rings. The van der Waals surface area contributed by atoms with Gasteiger partial charge in [0.2, 0.25) is 0 Å². The Morgan fingerprint density at radius 1 is 0.962 bits per heavy atom. The van der Waals surface area contributed by atoms with E-state index in [1.807, 2.05) is 19.1 Å². The van der Waals surface area contributed by atoms with Crippen LogP contribution in [0.4, 0.5) is 0 Å². The van der Waals surface area contributed by atoms with Gasteiger partial charge in [0.15, 0.2) is 0 Å². The number of hydrogen-bond donors (Lipinski definition) is 3. The summed E-state index contributed by atoms with van der Waals surface area (Å²) in [6.45, 7) is 10.2. The van der Waals surface area contributed by atoms with Crippen LogP contribution in [0.15, 0.2) is 24.3 Å². The molecule has 0 aromatic heterocycles. The summed E-state index contributed by atoms with van der Waals surface area (Å²) >= 11 is 0. The Morgan fingerprint density at radius 2 is 1.65 bits per heavy atom. The van der Waals surface area contributed by atoms with E-state index in [2.05, 4.69) is 27.7 Å². The van der Waals surface area contributed by atoms with E-state index in [1.165, 1.54) is 0 Å². The van der Waals surface area contributed by atoms with Crippen molar-refractivity contribution in [3.63, 3.8) is 0 Å². The van der Waals surface area contributed by atoms with Gasteiger partial charge in [0.05, 0.1) is 6.10 Å². The van der Waals surface area contributed by atoms with Crippen LogP contribution >= 0.6 is 0 Å². The molecular formula is C22H28O4. The van der Waals surface area contributed by atoms with Gasteiger partial charge in [-0.2, -0.15) is 0 Å². The number of aliphatic hydroxyl groups is 1. The molecule has 1 heterocycles. The topological polar surface area (TPSA) is 69.9 Å². The highest BCUT2D eigenvalue weighted by atomic mass is 16.5. The summed E-state index contributed by atoms with van der Waals surface area (Å²) in [6.07, 6.45) is -1.05. The summed E-state index contributed by atoms with van der Waals surface area (Å²) in [5.74, 6) is 1.45. The second kappa shape index (κ2) is 6.84. The second-order valence-electron chi connectivity index (χ2n) is 7.92. The monoisotopic (exact) mass is 356 g/mol. The first-order valence-electron chi connectivity index (χ1n) is 9.23. The summed E-state index contributed by atoms with van der Waals surface area (Å²) in [5.41, 5.74) is 4.31. The third-order valence-corrected chi connectivity index (χ3v) is 5.09. The lowest BCUT2D eigenvalue weighted by molar-refractivity contribution is 0.0198. The normalized spacial score (nSPS) is 19.5. The second-order valence-corrected chi connectivity index (χ2v) is 7.92. The van der Waals surface area contributed by atoms with Crippen LogP contribution in [0.2, 0.25) is 0 Å². The van der Waals surface area contributed by atoms with Gasteiger partial charge in [0.1, 0.15) is 23.4 Å². The third-order valence-electron chi connectivity index (χ3n) is 5.09. The Balaban J connectivity index is 2.06. The van der Waals surface area contributed by atoms with Crippen LogP contribution in [-0.4, -0.2) is 21.4 Å². The van der Waals surface area contributed by atoms with Crippen LogP contribution in [0.3, 0.4) is 0 Å². The Morgan fingerprint density at radius 3 is 2.27 bits per heavy atom. The molecule has 0 bridgehead atoms. The minimum Gasteiger partial charge on any atom is -0.508 e. The van der Waals surface area contributed by atoms with Gasteiger partial charge in [0, 0.05) is 12.0 Å². The van der Waals surface area contributed by atoms with Crippen molar-refractivity contribution < 1.29 is 20.1 Å². The van der Waals surface area contributed by atoms with E-state index in [1.54, 1.807) is 12.1 Å². The van der Waals surface area contributed by atoms with Gasteiger partial charge in [-0.05, 0) is 59.2 Å². The van der Waals surface area contributed by atoms with Gasteiger partial charge in [0.25, 0.3) is 0 Å². The Hall–Kier alpha value is -2.20. The number of phenolic OH excluding ortho intramolecular Hbond substituents is 2. The Labute approximate surface area is 155 Å². The Bertz CT molecular complexity index is 823. The van der Waals surface area contributed by atoms with Gasteiger partial charge >= 0.3 is 0 Å². The summed E-state index contributed by atoms with van der Waals surface area (Å²) < 4.78 is 6.06. The van der Waals surface area contributed by atoms with Gasteiger partial charge in [-0.3, -0.25) is 0 Å². The summed E-state index contributed by atoms with van der Waals surface area (Å²) in [7, 11) is 0. The van der Waals surface area contributed by atoms with E-state index in [0.29, 0.717) is 17.7 Å². The first kappa shape index (κ1) is 18.6. The summed E-state index contributed by atoms with van der Waals surface area (Å²) in [5, 5.41) is 31.4. The molecule has 26 heavy (non-hydrogen) atoms. The summed E-state index contributed by atoms with van der Waals surface area (Å²) in [4.78, 5) is 0. The average molecular weight is 356 g/mol. The molecule has 4 nitrogen and oxygen atoms in total. The van der Waals surface area contributed by atoms with Crippen LogP contribution in [0.5, 0.6) is 17.2 Å². The number of hydrogen-bond acceptors (Lipinski definition) is 4. The zero-order valence-electron chi connectivity index (χ0n) is 16.1. The molecule has 3 N–H and O–H groups in total. The molecule has 4 heteroatoms. The van der Waals surface area contributed by atoms with Crippen molar-refractivity contribution in [3.05, 3.63) is 52.1 Å². The molecule has 1 aliphatic heterocycles. The van der Waals surface area contributed by atoms with Gasteiger partial charge in [-0.15, -0.1) is 0 Å². The zero-order valence-corrected chi connectivity index (χ0v) is 16.1. The van der Waals surface area contributed by atoms with E-state index in [-0.39, 0.29) is 23.3 Å². The van der Waals surface area contributed by atoms with E-state index < -0.39 is 12.2 Å². The first-order chi connectivity index (χ1) is 12.2. The first-order valence-corrected chi connectivity index (χ1v) is 9.23. The fourth-order valence-corrected chi connectivity index (χ4v) is 3.85. The quantitative estimate of drug-likeness (QED) is 0.746. The highest BCUT2D eigenvalue weighted by Crippen LogP contribution is 2.43. The molecule has 2 atom stereocenters. The van der Waals surface area contributed by atoms with Crippen molar-refractivity contribution in [1.82, 2.24) is 0 Å². The molecule has 0 saturated heterocycles. The number of ether oxygens (including phenoxy) is 1. The van der Waals surface area contributed by atoms with Crippen LogP contribution in [0.25, 0.3) is 0 Å². The Kier molecular flexibility index (Phi) is 4.89. The molecule has 2 aromatic carbocycles. The molecule has 2 aromatic rings. The SMILES string of the molecule is Cc1cc(O)c2c(c1)OC(c1cc(O)c(C(C)C)c(C(C)C)c1)C(O)C2. The lowest BCUT2D eigenvalue weighted by Gasteiger charge is -2.32. The van der Waals surface area contributed by atoms with Crippen molar-refractivity contribution in [2.45, 2.75) is 65.1 Å². The van der Waals surface area contributed by atoms with Gasteiger partial charge in [-0.1, -0.05) is 33.8 Å². The fraction of sp³-hybridized carbons (Fsp3) is 0.455. The number of aromatic hydroxyl groups is 2. The minimum absolute atomic E-state index is 0.151. The van der Waals surface area contributed by atoms with Crippen molar-refractivity contribution in [1.29, 1.82) is 0 Å². The molecule has 0 spiro atoms. The maximum atomic E-state index is 10.6. The maximum Gasteiger partial charge on any atom is 0.150 e. The number of rotatable bonds is 3. The van der Waals surface area contributed by atoms with Crippen LogP contribution in [0, 0.1) is 6.92 Å². The molecule has 0 fully saturated rings. The van der Waals surface area contributed by atoms with E-state index in [4.69, 9.17) is 4.74 Å². The van der Waals surface area contributed by atoms with E-state index >= 15 is 0 Å². The molecule has 3 rings (SSSR count). The standard InChI is InChI=1S/C22H28O4/c1-11(2)15-8-14(9-18(24)21(15)12(3)4)22-19(25)10-16-17(23)6-13(5)7-20(16)26-22/h6-9,11-12,19,22-25H,10H2,1-5H3. The van der Waals surface area contributed by atoms with Crippen molar-refractivity contribution in [3.8, 4) is 17.2 Å². The lowest BCUT2D eigenvalue weighted by Crippen LogP contribution is -2.30. The fourth-order valence-electron chi connectivity index (χ4n) is 3.85. The van der Waals surface area contributed by atoms with E-state index in [9.17, 15) is 15.3 Å². The number of aryl methyl sites for hydroxylation is 1. The van der Waals surface area contributed by atoms with Crippen molar-refractivity contribution >= 4 is 0 Å². The predicted octanol–water partition coefficient (Wildman–Crippen LogP) is 4.69. The van der Waals surface area contributed by atoms with E-state index in [0.717, 1.165) is 22.3 Å². The number of aliphatic hydroxyl groups excluding tert-OH is 1. The number of phenols is 2. The van der Waals surface area contributed by atoms with Gasteiger partial charge in [-0.25, -0.2) is 0 Å².